The van der Waals surface area contributed by atoms with Gasteiger partial charge < -0.3 is 19.5 Å². The van der Waals surface area contributed by atoms with Crippen molar-refractivity contribution >= 4 is 11.9 Å². The summed E-state index contributed by atoms with van der Waals surface area (Å²) in [6, 6.07) is 12.2. The van der Waals surface area contributed by atoms with Crippen LogP contribution in [-0.4, -0.2) is 59.8 Å². The van der Waals surface area contributed by atoms with Gasteiger partial charge in [-0.2, -0.15) is 0 Å². The molecule has 2 aromatic rings. The molecule has 1 saturated heterocycles. The Balaban J connectivity index is 1.35. The first-order chi connectivity index (χ1) is 13.1. The molecular weight excluding hydrogens is 348 g/mol. The molecule has 2 aliphatic rings. The summed E-state index contributed by atoms with van der Waals surface area (Å²) in [6.07, 6.45) is 0. The van der Waals surface area contributed by atoms with Crippen molar-refractivity contribution in [1.29, 1.82) is 0 Å². The van der Waals surface area contributed by atoms with Gasteiger partial charge in [0, 0.05) is 38.3 Å². The molecule has 1 N–H and O–H groups in total. The fraction of sp³-hybridized carbons (Fsp3) is 0.300. The average Bonchev–Trinajstić information content (AvgIpc) is 3.16. The second kappa shape index (κ2) is 7.28. The molecule has 0 radical (unpaired) electrons. The summed E-state index contributed by atoms with van der Waals surface area (Å²) in [5.74, 6) is 0.342. The molecule has 0 aliphatic carbocycles. The molecule has 7 nitrogen and oxygen atoms in total. The van der Waals surface area contributed by atoms with Crippen LogP contribution in [-0.2, 0) is 6.54 Å². The lowest BCUT2D eigenvalue weighted by Gasteiger charge is -2.34. The van der Waals surface area contributed by atoms with Crippen LogP contribution in [0.25, 0.3) is 0 Å². The third-order valence-electron chi connectivity index (χ3n) is 4.86. The van der Waals surface area contributed by atoms with Crippen LogP contribution >= 0.6 is 0 Å². The number of fused-ring (bicyclic) bond motifs is 1. The number of carboxylic acid groups (broad SMARTS) is 1. The molecule has 0 aromatic heterocycles. The van der Waals surface area contributed by atoms with E-state index in [4.69, 9.17) is 14.6 Å². The second-order valence-electron chi connectivity index (χ2n) is 6.64. The van der Waals surface area contributed by atoms with Gasteiger partial charge in [-0.25, -0.2) is 4.79 Å². The summed E-state index contributed by atoms with van der Waals surface area (Å²) < 4.78 is 10.6. The van der Waals surface area contributed by atoms with Gasteiger partial charge >= 0.3 is 5.97 Å². The Morgan fingerprint density at radius 1 is 0.926 bits per heavy atom. The fourth-order valence-corrected chi connectivity index (χ4v) is 3.38. The molecule has 140 valence electrons. The summed E-state index contributed by atoms with van der Waals surface area (Å²) >= 11 is 0. The van der Waals surface area contributed by atoms with Gasteiger partial charge in [-0.15, -0.1) is 0 Å². The predicted octanol–water partition coefficient (Wildman–Crippen LogP) is 2.07. The molecule has 2 aliphatic heterocycles. The van der Waals surface area contributed by atoms with Gasteiger partial charge in [0.1, 0.15) is 0 Å². The Labute approximate surface area is 156 Å². The minimum Gasteiger partial charge on any atom is -0.478 e. The Morgan fingerprint density at radius 3 is 2.48 bits per heavy atom. The molecule has 2 aromatic carbocycles. The third kappa shape index (κ3) is 3.73. The number of hydrogen-bond acceptors (Lipinski definition) is 5. The van der Waals surface area contributed by atoms with Crippen LogP contribution in [0.5, 0.6) is 11.5 Å². The summed E-state index contributed by atoms with van der Waals surface area (Å²) in [5.41, 5.74) is 1.86. The van der Waals surface area contributed by atoms with Crippen LogP contribution in [0.2, 0.25) is 0 Å². The highest BCUT2D eigenvalue weighted by atomic mass is 16.7. The number of hydrogen-bond donors (Lipinski definition) is 1. The zero-order valence-corrected chi connectivity index (χ0v) is 14.8. The SMILES string of the molecule is O=C(O)c1cccc(CN2CCN(C(=O)c3ccc4c(c3)OCO4)CC2)c1. The van der Waals surface area contributed by atoms with Crippen molar-refractivity contribution in [2.45, 2.75) is 6.54 Å². The molecule has 0 saturated carbocycles. The molecule has 4 rings (SSSR count). The van der Waals surface area contributed by atoms with Crippen molar-refractivity contribution in [2.75, 3.05) is 33.0 Å². The van der Waals surface area contributed by atoms with E-state index in [1.165, 1.54) is 0 Å². The zero-order chi connectivity index (χ0) is 18.8. The highest BCUT2D eigenvalue weighted by Gasteiger charge is 2.24. The van der Waals surface area contributed by atoms with E-state index in [1.807, 2.05) is 11.0 Å². The number of rotatable bonds is 4. The number of nitrogens with zero attached hydrogens (tertiary/aromatic N) is 2. The Hall–Kier alpha value is -3.06. The number of carbonyl (C=O) groups excluding carboxylic acids is 1. The van der Waals surface area contributed by atoms with Crippen LogP contribution in [0.1, 0.15) is 26.3 Å². The van der Waals surface area contributed by atoms with E-state index in [9.17, 15) is 9.59 Å². The lowest BCUT2D eigenvalue weighted by molar-refractivity contribution is 0.0625. The summed E-state index contributed by atoms with van der Waals surface area (Å²) in [7, 11) is 0. The van der Waals surface area contributed by atoms with Crippen molar-refractivity contribution < 1.29 is 24.2 Å². The normalized spacial score (nSPS) is 16.4. The van der Waals surface area contributed by atoms with Crippen LogP contribution < -0.4 is 9.47 Å². The van der Waals surface area contributed by atoms with Gasteiger partial charge in [-0.05, 0) is 35.9 Å². The van der Waals surface area contributed by atoms with Crippen molar-refractivity contribution in [3.8, 4) is 11.5 Å². The number of carboxylic acids is 1. The van der Waals surface area contributed by atoms with Gasteiger partial charge in [0.25, 0.3) is 5.91 Å². The number of ether oxygens (including phenoxy) is 2. The zero-order valence-electron chi connectivity index (χ0n) is 14.8. The number of carbonyl (C=O) groups is 2. The summed E-state index contributed by atoms with van der Waals surface area (Å²) in [4.78, 5) is 27.9. The van der Waals surface area contributed by atoms with Crippen LogP contribution in [0.15, 0.2) is 42.5 Å². The number of amides is 1. The minimum absolute atomic E-state index is 0.0131. The number of aromatic carboxylic acids is 1. The molecule has 7 heteroatoms. The molecule has 0 spiro atoms. The lowest BCUT2D eigenvalue weighted by atomic mass is 10.1. The molecule has 0 atom stereocenters. The van der Waals surface area contributed by atoms with Crippen molar-refractivity contribution in [2.24, 2.45) is 0 Å². The molecule has 1 amide bonds. The van der Waals surface area contributed by atoms with E-state index in [0.29, 0.717) is 42.3 Å². The summed E-state index contributed by atoms with van der Waals surface area (Å²) in [6.45, 7) is 3.61. The smallest absolute Gasteiger partial charge is 0.335 e. The topological polar surface area (TPSA) is 79.3 Å². The minimum atomic E-state index is -0.920. The first kappa shape index (κ1) is 17.4. The van der Waals surface area contributed by atoms with Gasteiger partial charge in [0.15, 0.2) is 11.5 Å². The highest BCUT2D eigenvalue weighted by Crippen LogP contribution is 2.32. The van der Waals surface area contributed by atoms with Crippen molar-refractivity contribution in [1.82, 2.24) is 9.80 Å². The molecule has 27 heavy (non-hydrogen) atoms. The van der Waals surface area contributed by atoms with Crippen LogP contribution in [0, 0.1) is 0 Å². The molecular formula is C20H20N2O5. The molecule has 0 unspecified atom stereocenters. The predicted molar refractivity (Wildman–Crippen MR) is 97.1 cm³/mol. The van der Waals surface area contributed by atoms with Crippen LogP contribution in [0.4, 0.5) is 0 Å². The Bertz CT molecular complexity index is 874. The van der Waals surface area contributed by atoms with E-state index in [0.717, 1.165) is 18.7 Å². The van der Waals surface area contributed by atoms with Gasteiger partial charge in [-0.3, -0.25) is 9.69 Å². The van der Waals surface area contributed by atoms with E-state index in [1.54, 1.807) is 36.4 Å². The van der Waals surface area contributed by atoms with E-state index in [-0.39, 0.29) is 12.7 Å². The fourth-order valence-electron chi connectivity index (χ4n) is 3.38. The standard InChI is InChI=1S/C20H20N2O5/c23-19(15-4-5-17-18(11-15)27-13-26-17)22-8-6-21(7-9-22)12-14-2-1-3-16(10-14)20(24)25/h1-5,10-11H,6-9,12-13H2,(H,24,25). The van der Waals surface area contributed by atoms with Gasteiger partial charge in [-0.1, -0.05) is 12.1 Å². The maximum absolute atomic E-state index is 12.7. The molecule has 1 fully saturated rings. The maximum Gasteiger partial charge on any atom is 0.335 e. The lowest BCUT2D eigenvalue weighted by Crippen LogP contribution is -2.48. The average molecular weight is 368 g/mol. The number of benzene rings is 2. The monoisotopic (exact) mass is 368 g/mol. The van der Waals surface area contributed by atoms with E-state index < -0.39 is 5.97 Å². The van der Waals surface area contributed by atoms with E-state index >= 15 is 0 Å². The van der Waals surface area contributed by atoms with Crippen molar-refractivity contribution in [3.63, 3.8) is 0 Å². The maximum atomic E-state index is 12.7. The van der Waals surface area contributed by atoms with Gasteiger partial charge in [0.05, 0.1) is 5.56 Å². The highest BCUT2D eigenvalue weighted by molar-refractivity contribution is 5.95. The first-order valence-corrected chi connectivity index (χ1v) is 8.84. The number of piperazine rings is 1. The molecule has 0 bridgehead atoms. The summed E-state index contributed by atoms with van der Waals surface area (Å²) in [5, 5.41) is 9.10. The van der Waals surface area contributed by atoms with Crippen molar-refractivity contribution in [3.05, 3.63) is 59.2 Å². The van der Waals surface area contributed by atoms with Gasteiger partial charge in [0.2, 0.25) is 6.79 Å². The van der Waals surface area contributed by atoms with Crippen LogP contribution in [0.3, 0.4) is 0 Å². The molecule has 2 heterocycles. The Kier molecular flexibility index (Phi) is 4.68. The third-order valence-corrected chi connectivity index (χ3v) is 4.86. The first-order valence-electron chi connectivity index (χ1n) is 8.84. The quantitative estimate of drug-likeness (QED) is 0.890. The Morgan fingerprint density at radius 2 is 1.70 bits per heavy atom. The largest absolute Gasteiger partial charge is 0.478 e. The second-order valence-corrected chi connectivity index (χ2v) is 6.64. The van der Waals surface area contributed by atoms with E-state index in [2.05, 4.69) is 4.90 Å².